The van der Waals surface area contributed by atoms with Crippen LogP contribution in [0, 0.1) is 0 Å². The fourth-order valence-electron chi connectivity index (χ4n) is 2.55. The molecule has 0 bridgehead atoms. The predicted molar refractivity (Wildman–Crippen MR) is 98.0 cm³/mol. The molecule has 2 aromatic heterocycles. The van der Waals surface area contributed by atoms with Crippen LogP contribution in [0.3, 0.4) is 0 Å². The van der Waals surface area contributed by atoms with Crippen molar-refractivity contribution >= 4 is 27.5 Å². The van der Waals surface area contributed by atoms with Gasteiger partial charge in [-0.15, -0.1) is 11.3 Å². The fourth-order valence-corrected chi connectivity index (χ4v) is 3.28. The Kier molecular flexibility index (Phi) is 5.14. The second kappa shape index (κ2) is 7.48. The molecule has 2 heterocycles. The predicted octanol–water partition coefficient (Wildman–Crippen LogP) is 2.52. The summed E-state index contributed by atoms with van der Waals surface area (Å²) in [6.07, 6.45) is 1.77. The number of nitrogens with zero attached hydrogens (tertiary/aromatic N) is 3. The van der Waals surface area contributed by atoms with E-state index in [-0.39, 0.29) is 17.9 Å². The van der Waals surface area contributed by atoms with Crippen LogP contribution in [0.5, 0.6) is 5.75 Å². The third kappa shape index (κ3) is 3.88. The topological polar surface area (TPSA) is 64.4 Å². The molecular formula is C18H19N3O3S. The van der Waals surface area contributed by atoms with E-state index < -0.39 is 0 Å². The summed E-state index contributed by atoms with van der Waals surface area (Å²) in [5.41, 5.74) is 0.923. The van der Waals surface area contributed by atoms with E-state index in [2.05, 4.69) is 4.98 Å². The maximum Gasteiger partial charge on any atom is 0.262 e. The largest absolute Gasteiger partial charge is 0.497 e. The van der Waals surface area contributed by atoms with E-state index in [0.717, 1.165) is 16.1 Å². The van der Waals surface area contributed by atoms with Gasteiger partial charge in [-0.2, -0.15) is 0 Å². The molecule has 3 rings (SSSR count). The molecule has 1 aromatic carbocycles. The lowest BCUT2D eigenvalue weighted by Crippen LogP contribution is -2.29. The molecule has 0 spiro atoms. The zero-order valence-corrected chi connectivity index (χ0v) is 15.0. The molecule has 0 fully saturated rings. The van der Waals surface area contributed by atoms with E-state index >= 15 is 0 Å². The van der Waals surface area contributed by atoms with Crippen LogP contribution in [0.4, 0.5) is 0 Å². The second-order valence-corrected chi connectivity index (χ2v) is 6.62. The lowest BCUT2D eigenvalue weighted by molar-refractivity contribution is -0.130. The van der Waals surface area contributed by atoms with Crippen molar-refractivity contribution in [2.24, 2.45) is 0 Å². The molecule has 0 unspecified atom stereocenters. The number of carbonyl (C=O) groups is 1. The van der Waals surface area contributed by atoms with Crippen molar-refractivity contribution in [1.82, 2.24) is 14.5 Å². The monoisotopic (exact) mass is 357 g/mol. The van der Waals surface area contributed by atoms with Crippen LogP contribution in [0.1, 0.15) is 12.0 Å². The number of aryl methyl sites for hydroxylation is 1. The number of methoxy groups -OCH3 is 1. The average molecular weight is 357 g/mol. The molecule has 1 amide bonds. The van der Waals surface area contributed by atoms with Gasteiger partial charge in [0.2, 0.25) is 5.91 Å². The minimum Gasteiger partial charge on any atom is -0.497 e. The highest BCUT2D eigenvalue weighted by Crippen LogP contribution is 2.14. The first kappa shape index (κ1) is 17.2. The van der Waals surface area contributed by atoms with Crippen LogP contribution in [0.25, 0.3) is 10.2 Å². The van der Waals surface area contributed by atoms with Crippen LogP contribution in [-0.2, 0) is 17.9 Å². The Morgan fingerprint density at radius 2 is 2.04 bits per heavy atom. The Labute approximate surface area is 149 Å². The molecule has 0 atom stereocenters. The summed E-state index contributed by atoms with van der Waals surface area (Å²) in [6.45, 7) is 0.836. The van der Waals surface area contributed by atoms with Gasteiger partial charge in [-0.05, 0) is 29.1 Å². The number of benzene rings is 1. The van der Waals surface area contributed by atoms with Crippen LogP contribution in [0.2, 0.25) is 0 Å². The van der Waals surface area contributed by atoms with E-state index in [4.69, 9.17) is 4.74 Å². The second-order valence-electron chi connectivity index (χ2n) is 5.73. The molecule has 0 radical (unpaired) electrons. The van der Waals surface area contributed by atoms with Gasteiger partial charge >= 0.3 is 0 Å². The van der Waals surface area contributed by atoms with Crippen LogP contribution >= 0.6 is 11.3 Å². The number of aromatic nitrogens is 2. The summed E-state index contributed by atoms with van der Waals surface area (Å²) in [6, 6.07) is 9.37. The standard InChI is InChI=1S/C18H19N3O3S/c1-20(11-13-3-5-14(24-2)6-4-13)16(22)7-9-21-12-19-17-15(18(21)23)8-10-25-17/h3-6,8,10,12H,7,9,11H2,1-2H3. The molecule has 0 saturated heterocycles. The summed E-state index contributed by atoms with van der Waals surface area (Å²) < 4.78 is 6.62. The van der Waals surface area contributed by atoms with E-state index in [1.165, 1.54) is 22.2 Å². The normalized spacial score (nSPS) is 10.8. The minimum absolute atomic E-state index is 0.0202. The molecule has 3 aromatic rings. The molecule has 0 saturated carbocycles. The van der Waals surface area contributed by atoms with E-state index in [1.807, 2.05) is 29.6 Å². The third-order valence-electron chi connectivity index (χ3n) is 4.02. The third-order valence-corrected chi connectivity index (χ3v) is 4.84. The molecule has 7 heteroatoms. The van der Waals surface area contributed by atoms with Crippen LogP contribution in [-0.4, -0.2) is 34.5 Å². The number of hydrogen-bond donors (Lipinski definition) is 0. The molecule has 25 heavy (non-hydrogen) atoms. The lowest BCUT2D eigenvalue weighted by Gasteiger charge is -2.17. The molecule has 130 valence electrons. The van der Waals surface area contributed by atoms with Gasteiger partial charge in [0.05, 0.1) is 18.8 Å². The summed E-state index contributed by atoms with van der Waals surface area (Å²) in [7, 11) is 3.38. The summed E-state index contributed by atoms with van der Waals surface area (Å²) in [4.78, 5) is 31.3. The van der Waals surface area contributed by atoms with Crippen molar-refractivity contribution in [3.63, 3.8) is 0 Å². The minimum atomic E-state index is -0.100. The van der Waals surface area contributed by atoms with Crippen molar-refractivity contribution in [3.05, 3.63) is 58.0 Å². The average Bonchev–Trinajstić information content (AvgIpc) is 3.11. The van der Waals surface area contributed by atoms with Crippen molar-refractivity contribution in [3.8, 4) is 5.75 Å². The highest BCUT2D eigenvalue weighted by molar-refractivity contribution is 7.16. The molecule has 6 nitrogen and oxygen atoms in total. The number of thiophene rings is 1. The maximum atomic E-state index is 12.3. The number of rotatable bonds is 6. The van der Waals surface area contributed by atoms with Crippen molar-refractivity contribution < 1.29 is 9.53 Å². The van der Waals surface area contributed by atoms with E-state index in [0.29, 0.717) is 18.5 Å². The van der Waals surface area contributed by atoms with Gasteiger partial charge in [-0.3, -0.25) is 14.2 Å². The molecule has 0 N–H and O–H groups in total. The van der Waals surface area contributed by atoms with Gasteiger partial charge in [-0.1, -0.05) is 12.1 Å². The van der Waals surface area contributed by atoms with Crippen molar-refractivity contribution in [1.29, 1.82) is 0 Å². The van der Waals surface area contributed by atoms with Gasteiger partial charge in [0.1, 0.15) is 10.6 Å². The van der Waals surface area contributed by atoms with Crippen LogP contribution in [0.15, 0.2) is 46.8 Å². The smallest absolute Gasteiger partial charge is 0.262 e. The van der Waals surface area contributed by atoms with Crippen molar-refractivity contribution in [2.45, 2.75) is 19.5 Å². The number of carbonyl (C=O) groups excluding carboxylic acids is 1. The highest BCUT2D eigenvalue weighted by Gasteiger charge is 2.11. The van der Waals surface area contributed by atoms with E-state index in [1.54, 1.807) is 25.1 Å². The quantitative estimate of drug-likeness (QED) is 0.680. The lowest BCUT2D eigenvalue weighted by atomic mass is 10.2. The van der Waals surface area contributed by atoms with Gasteiger partial charge in [0.15, 0.2) is 0 Å². The Morgan fingerprint density at radius 3 is 2.76 bits per heavy atom. The zero-order chi connectivity index (χ0) is 17.8. The SMILES string of the molecule is COc1ccc(CN(C)C(=O)CCn2cnc3sccc3c2=O)cc1. The Hall–Kier alpha value is -2.67. The van der Waals surface area contributed by atoms with E-state index in [9.17, 15) is 9.59 Å². The molecule has 0 aliphatic rings. The summed E-state index contributed by atoms with van der Waals surface area (Å²) >= 11 is 1.43. The Balaban J connectivity index is 1.60. The first-order chi connectivity index (χ1) is 12.1. The highest BCUT2D eigenvalue weighted by atomic mass is 32.1. The Morgan fingerprint density at radius 1 is 1.28 bits per heavy atom. The number of fused-ring (bicyclic) bond motifs is 1. The maximum absolute atomic E-state index is 12.3. The van der Waals surface area contributed by atoms with Gasteiger partial charge < -0.3 is 9.64 Å². The Bertz CT molecular complexity index is 931. The first-order valence-corrected chi connectivity index (χ1v) is 8.76. The molecular weight excluding hydrogens is 338 g/mol. The summed E-state index contributed by atoms with van der Waals surface area (Å²) in [5.74, 6) is 0.765. The van der Waals surface area contributed by atoms with Gasteiger partial charge in [0, 0.05) is 26.6 Å². The number of hydrogen-bond acceptors (Lipinski definition) is 5. The molecule has 0 aliphatic heterocycles. The number of ether oxygens (including phenoxy) is 1. The van der Waals surface area contributed by atoms with Crippen LogP contribution < -0.4 is 10.3 Å². The van der Waals surface area contributed by atoms with Gasteiger partial charge in [-0.25, -0.2) is 4.98 Å². The number of amides is 1. The summed E-state index contributed by atoms with van der Waals surface area (Å²) in [5, 5.41) is 2.45. The fraction of sp³-hybridized carbons (Fsp3) is 0.278. The molecule has 0 aliphatic carbocycles. The zero-order valence-electron chi connectivity index (χ0n) is 14.1. The van der Waals surface area contributed by atoms with Crippen molar-refractivity contribution in [2.75, 3.05) is 14.2 Å². The first-order valence-electron chi connectivity index (χ1n) is 7.88. The van der Waals surface area contributed by atoms with Gasteiger partial charge in [0.25, 0.3) is 5.56 Å².